The number of nitrogens with zero attached hydrogens (tertiary/aromatic N) is 2. The fourth-order valence-electron chi connectivity index (χ4n) is 1.54. The summed E-state index contributed by atoms with van der Waals surface area (Å²) in [6.45, 7) is 4.86. The van der Waals surface area contributed by atoms with Crippen LogP contribution in [0.25, 0.3) is 0 Å². The summed E-state index contributed by atoms with van der Waals surface area (Å²) in [5, 5.41) is 8.76. The van der Waals surface area contributed by atoms with Crippen molar-refractivity contribution in [2.45, 2.75) is 32.7 Å². The van der Waals surface area contributed by atoms with Gasteiger partial charge in [-0.2, -0.15) is 17.0 Å². The van der Waals surface area contributed by atoms with Crippen molar-refractivity contribution in [2.75, 3.05) is 40.5 Å². The number of aliphatic hydroxyl groups is 1. The molecule has 0 aliphatic heterocycles. The summed E-state index contributed by atoms with van der Waals surface area (Å²) >= 11 is 0. The zero-order chi connectivity index (χ0) is 14.2. The Hall–Kier alpha value is -0.210. The highest BCUT2D eigenvalue weighted by molar-refractivity contribution is 7.86. The van der Waals surface area contributed by atoms with Gasteiger partial charge in [0.2, 0.25) is 0 Å². The van der Waals surface area contributed by atoms with Crippen molar-refractivity contribution in [2.24, 2.45) is 0 Å². The molecule has 0 saturated carbocycles. The first-order chi connectivity index (χ1) is 8.41. The van der Waals surface area contributed by atoms with E-state index in [4.69, 9.17) is 9.84 Å². The standard InChI is InChI=1S/C11H26N2O4S/c1-5-11(2)13(8-10-17-4)18(15,16)12(3)7-6-9-14/h11,14H,5-10H2,1-4H3. The van der Waals surface area contributed by atoms with Crippen molar-refractivity contribution >= 4 is 10.2 Å². The SMILES string of the molecule is CCC(C)N(CCOC)S(=O)(=O)N(C)CCCO. The summed E-state index contributed by atoms with van der Waals surface area (Å²) in [4.78, 5) is 0. The van der Waals surface area contributed by atoms with E-state index in [0.717, 1.165) is 6.42 Å². The first-order valence-electron chi connectivity index (χ1n) is 6.24. The van der Waals surface area contributed by atoms with Gasteiger partial charge in [0, 0.05) is 39.9 Å². The summed E-state index contributed by atoms with van der Waals surface area (Å²) in [5.41, 5.74) is 0. The second-order valence-corrected chi connectivity index (χ2v) is 6.26. The molecule has 0 aromatic heterocycles. The average molecular weight is 282 g/mol. The average Bonchev–Trinajstić information content (AvgIpc) is 2.35. The van der Waals surface area contributed by atoms with Gasteiger partial charge in [-0.05, 0) is 19.8 Å². The minimum absolute atomic E-state index is 0.0126. The first kappa shape index (κ1) is 17.8. The van der Waals surface area contributed by atoms with E-state index < -0.39 is 10.2 Å². The lowest BCUT2D eigenvalue weighted by molar-refractivity contribution is 0.163. The molecule has 110 valence electrons. The van der Waals surface area contributed by atoms with Crippen molar-refractivity contribution in [3.63, 3.8) is 0 Å². The van der Waals surface area contributed by atoms with Gasteiger partial charge in [-0.25, -0.2) is 0 Å². The van der Waals surface area contributed by atoms with Crippen LogP contribution in [0.1, 0.15) is 26.7 Å². The Balaban J connectivity index is 4.83. The van der Waals surface area contributed by atoms with Crippen molar-refractivity contribution in [1.29, 1.82) is 0 Å². The van der Waals surface area contributed by atoms with Gasteiger partial charge >= 0.3 is 0 Å². The number of aliphatic hydroxyl groups excluding tert-OH is 1. The number of hydrogen-bond acceptors (Lipinski definition) is 4. The maximum absolute atomic E-state index is 12.4. The monoisotopic (exact) mass is 282 g/mol. The van der Waals surface area contributed by atoms with Crippen LogP contribution in [0.15, 0.2) is 0 Å². The van der Waals surface area contributed by atoms with Crippen molar-refractivity contribution in [1.82, 2.24) is 8.61 Å². The van der Waals surface area contributed by atoms with Gasteiger partial charge in [-0.3, -0.25) is 0 Å². The number of hydrogen-bond donors (Lipinski definition) is 1. The molecule has 0 saturated heterocycles. The molecule has 0 aliphatic rings. The van der Waals surface area contributed by atoms with E-state index in [1.54, 1.807) is 7.11 Å². The van der Waals surface area contributed by atoms with Crippen LogP contribution < -0.4 is 0 Å². The molecule has 0 amide bonds. The van der Waals surface area contributed by atoms with E-state index in [-0.39, 0.29) is 12.6 Å². The number of ether oxygens (including phenoxy) is 1. The Labute approximate surface area is 111 Å². The van der Waals surface area contributed by atoms with Crippen LogP contribution in [0, 0.1) is 0 Å². The minimum Gasteiger partial charge on any atom is -0.396 e. The molecule has 1 atom stereocenters. The van der Waals surface area contributed by atoms with Crippen LogP contribution in [-0.2, 0) is 14.9 Å². The Morgan fingerprint density at radius 2 is 1.94 bits per heavy atom. The molecule has 1 unspecified atom stereocenters. The number of methoxy groups -OCH3 is 1. The zero-order valence-electron chi connectivity index (χ0n) is 11.8. The molecule has 0 aromatic carbocycles. The lowest BCUT2D eigenvalue weighted by Crippen LogP contribution is -2.47. The third kappa shape index (κ3) is 5.19. The predicted molar refractivity (Wildman–Crippen MR) is 71.6 cm³/mol. The van der Waals surface area contributed by atoms with Crippen LogP contribution in [0.5, 0.6) is 0 Å². The van der Waals surface area contributed by atoms with E-state index in [0.29, 0.717) is 26.1 Å². The first-order valence-corrected chi connectivity index (χ1v) is 7.64. The highest BCUT2D eigenvalue weighted by Crippen LogP contribution is 2.13. The zero-order valence-corrected chi connectivity index (χ0v) is 12.6. The smallest absolute Gasteiger partial charge is 0.282 e. The van der Waals surface area contributed by atoms with Gasteiger partial charge in [-0.1, -0.05) is 6.92 Å². The lowest BCUT2D eigenvalue weighted by atomic mass is 10.3. The van der Waals surface area contributed by atoms with Crippen LogP contribution >= 0.6 is 0 Å². The van der Waals surface area contributed by atoms with Gasteiger partial charge in [0.25, 0.3) is 10.2 Å². The fraction of sp³-hybridized carbons (Fsp3) is 1.00. The highest BCUT2D eigenvalue weighted by Gasteiger charge is 2.29. The summed E-state index contributed by atoms with van der Waals surface area (Å²) in [6, 6.07) is -0.0678. The molecule has 0 aromatic rings. The normalized spacial score (nSPS) is 14.4. The predicted octanol–water partition coefficient (Wildman–Crippen LogP) is 0.292. The van der Waals surface area contributed by atoms with E-state index in [9.17, 15) is 8.42 Å². The van der Waals surface area contributed by atoms with Crippen LogP contribution in [-0.4, -0.2) is 68.6 Å². The molecule has 0 bridgehead atoms. The second-order valence-electron chi connectivity index (χ2n) is 4.27. The molecule has 7 heteroatoms. The van der Waals surface area contributed by atoms with Crippen LogP contribution in [0.4, 0.5) is 0 Å². The van der Waals surface area contributed by atoms with Gasteiger partial charge in [0.05, 0.1) is 6.61 Å². The maximum atomic E-state index is 12.4. The molecule has 0 spiro atoms. The topological polar surface area (TPSA) is 70.1 Å². The van der Waals surface area contributed by atoms with Gasteiger partial charge in [-0.15, -0.1) is 0 Å². The quantitative estimate of drug-likeness (QED) is 0.625. The van der Waals surface area contributed by atoms with E-state index in [1.807, 2.05) is 13.8 Å². The molecular formula is C11H26N2O4S. The minimum atomic E-state index is -3.48. The molecule has 0 rings (SSSR count). The van der Waals surface area contributed by atoms with Gasteiger partial charge in [0.15, 0.2) is 0 Å². The summed E-state index contributed by atoms with van der Waals surface area (Å²) in [7, 11) is -0.394. The molecule has 0 aliphatic carbocycles. The molecule has 0 fully saturated rings. The molecule has 1 N–H and O–H groups in total. The van der Waals surface area contributed by atoms with Crippen LogP contribution in [0.2, 0.25) is 0 Å². The third-order valence-electron chi connectivity index (χ3n) is 2.92. The highest BCUT2D eigenvalue weighted by atomic mass is 32.2. The van der Waals surface area contributed by atoms with Crippen molar-refractivity contribution in [3.05, 3.63) is 0 Å². The van der Waals surface area contributed by atoms with Gasteiger partial charge in [0.1, 0.15) is 0 Å². The summed E-state index contributed by atoms with van der Waals surface area (Å²) in [5.74, 6) is 0. The largest absolute Gasteiger partial charge is 0.396 e. The maximum Gasteiger partial charge on any atom is 0.282 e. The Morgan fingerprint density at radius 1 is 1.33 bits per heavy atom. The third-order valence-corrected chi connectivity index (χ3v) is 5.03. The van der Waals surface area contributed by atoms with Crippen LogP contribution in [0.3, 0.4) is 0 Å². The second kappa shape index (κ2) is 8.82. The Kier molecular flexibility index (Phi) is 8.71. The molecule has 0 radical (unpaired) electrons. The molecule has 0 heterocycles. The summed E-state index contributed by atoms with van der Waals surface area (Å²) in [6.07, 6.45) is 1.19. The lowest BCUT2D eigenvalue weighted by Gasteiger charge is -2.31. The molecule has 18 heavy (non-hydrogen) atoms. The van der Waals surface area contributed by atoms with Crippen molar-refractivity contribution < 1.29 is 18.3 Å². The van der Waals surface area contributed by atoms with E-state index in [1.165, 1.54) is 15.7 Å². The Bertz CT molecular complexity index is 308. The molecule has 6 nitrogen and oxygen atoms in total. The number of rotatable bonds is 10. The van der Waals surface area contributed by atoms with E-state index >= 15 is 0 Å². The molecular weight excluding hydrogens is 256 g/mol. The summed E-state index contributed by atoms with van der Waals surface area (Å²) < 4.78 is 32.4. The van der Waals surface area contributed by atoms with Crippen molar-refractivity contribution in [3.8, 4) is 0 Å². The van der Waals surface area contributed by atoms with Gasteiger partial charge < -0.3 is 9.84 Å². The van der Waals surface area contributed by atoms with E-state index in [2.05, 4.69) is 0 Å². The fourth-order valence-corrected chi connectivity index (χ4v) is 3.16. The Morgan fingerprint density at radius 3 is 2.39 bits per heavy atom.